The van der Waals surface area contributed by atoms with E-state index >= 15 is 0 Å². The molecule has 0 radical (unpaired) electrons. The van der Waals surface area contributed by atoms with E-state index < -0.39 is 64.4 Å². The van der Waals surface area contributed by atoms with Gasteiger partial charge in [-0.05, 0) is 43.2 Å². The molecule has 2 aromatic heterocycles. The second kappa shape index (κ2) is 14.4. The predicted octanol–water partition coefficient (Wildman–Crippen LogP) is 1.03. The van der Waals surface area contributed by atoms with Crippen LogP contribution in [-0.4, -0.2) is 89.4 Å². The van der Waals surface area contributed by atoms with Gasteiger partial charge in [0.05, 0.1) is 31.2 Å². The Balaban J connectivity index is 1.24. The number of hydrogen-bond acceptors (Lipinski definition) is 14. The Hall–Kier alpha value is -4.69. The minimum atomic E-state index is -4.99. The van der Waals surface area contributed by atoms with Gasteiger partial charge in [0.15, 0.2) is 16.6 Å². The molecule has 3 aromatic rings. The van der Waals surface area contributed by atoms with Crippen molar-refractivity contribution in [3.8, 4) is 16.9 Å². The van der Waals surface area contributed by atoms with Gasteiger partial charge in [-0.3, -0.25) is 19.5 Å². The number of Topliss-reactive ketones (excluding diaryl/α,β-unsaturated/α-hetero) is 1. The number of pyridine rings is 1. The molecule has 19 heteroatoms. The van der Waals surface area contributed by atoms with E-state index in [9.17, 15) is 27.9 Å². The summed E-state index contributed by atoms with van der Waals surface area (Å²) in [7, 11) is -3.02. The molecule has 4 heterocycles. The number of ketones is 1. The van der Waals surface area contributed by atoms with E-state index in [1.807, 2.05) is 42.1 Å². The summed E-state index contributed by atoms with van der Waals surface area (Å²) in [6, 6.07) is 11.1. The SMILES string of the molecule is C[n+]1ccc(-c2ccc(OC[C@H](O/N=C(\C(=O)C[C@@H]3C(=O)N(OS(=O)(=O)O)C3(C)C)c3csc(N)n3)C(=O)O)cc2)cc1NCC1CNC1. The van der Waals surface area contributed by atoms with Crippen LogP contribution in [0.4, 0.5) is 10.9 Å². The van der Waals surface area contributed by atoms with Crippen molar-refractivity contribution in [3.05, 3.63) is 53.7 Å². The van der Waals surface area contributed by atoms with Gasteiger partial charge in [-0.2, -0.15) is 13.5 Å². The third kappa shape index (κ3) is 8.49. The number of anilines is 2. The van der Waals surface area contributed by atoms with Crippen LogP contribution >= 0.6 is 11.3 Å². The molecule has 1 amide bonds. The van der Waals surface area contributed by atoms with E-state index in [0.717, 1.165) is 47.9 Å². The molecule has 0 spiro atoms. The number of ether oxygens (including phenoxy) is 1. The number of hydroxylamine groups is 2. The number of nitrogens with zero attached hydrogens (tertiary/aromatic N) is 4. The first-order valence-electron chi connectivity index (χ1n) is 15.0. The molecule has 1 aromatic carbocycles. The number of rotatable bonds is 16. The third-order valence-corrected chi connectivity index (χ3v) is 9.20. The van der Waals surface area contributed by atoms with Crippen LogP contribution in [0.25, 0.3) is 11.1 Å². The fraction of sp³-hybridized carbons (Fsp3) is 0.400. The maximum atomic E-state index is 13.4. The number of nitrogen functional groups attached to an aromatic ring is 1. The van der Waals surface area contributed by atoms with E-state index in [2.05, 4.69) is 25.1 Å². The van der Waals surface area contributed by atoms with Crippen LogP contribution in [0, 0.1) is 11.8 Å². The zero-order valence-electron chi connectivity index (χ0n) is 26.7. The van der Waals surface area contributed by atoms with Crippen molar-refractivity contribution < 1.29 is 50.9 Å². The predicted molar refractivity (Wildman–Crippen MR) is 176 cm³/mol. The molecule has 0 saturated carbocycles. The fourth-order valence-electron chi connectivity index (χ4n) is 5.13. The maximum absolute atomic E-state index is 13.4. The van der Waals surface area contributed by atoms with Crippen molar-refractivity contribution in [1.82, 2.24) is 15.4 Å². The molecule has 262 valence electrons. The van der Waals surface area contributed by atoms with Gasteiger partial charge in [0.2, 0.25) is 0 Å². The molecule has 0 unspecified atom stereocenters. The molecular weight excluding hydrogens is 683 g/mol. The zero-order valence-corrected chi connectivity index (χ0v) is 28.4. The monoisotopic (exact) mass is 718 g/mol. The van der Waals surface area contributed by atoms with Crippen molar-refractivity contribution in [2.45, 2.75) is 31.9 Å². The number of oxime groups is 1. The quantitative estimate of drug-likeness (QED) is 0.0458. The summed E-state index contributed by atoms with van der Waals surface area (Å²) in [5.41, 5.74) is 5.89. The van der Waals surface area contributed by atoms with Gasteiger partial charge in [0.1, 0.15) is 18.1 Å². The number of hydrogen-bond donors (Lipinski definition) is 5. The Morgan fingerprint density at radius 2 is 1.96 bits per heavy atom. The first-order chi connectivity index (χ1) is 23.1. The van der Waals surface area contributed by atoms with E-state index in [0.29, 0.717) is 16.7 Å². The summed E-state index contributed by atoms with van der Waals surface area (Å²) in [6.07, 6.45) is -0.174. The molecule has 2 aliphatic heterocycles. The number of carbonyl (C=O) groups excluding carboxylic acids is 2. The van der Waals surface area contributed by atoms with Crippen LogP contribution < -0.4 is 25.7 Å². The Morgan fingerprint density at radius 3 is 2.53 bits per heavy atom. The van der Waals surface area contributed by atoms with Crippen molar-refractivity contribution in [2.24, 2.45) is 24.0 Å². The molecule has 17 nitrogen and oxygen atoms in total. The summed E-state index contributed by atoms with van der Waals surface area (Å²) in [4.78, 5) is 47.3. The average Bonchev–Trinajstić information content (AvgIpc) is 3.45. The lowest BCUT2D eigenvalue weighted by molar-refractivity contribution is -0.657. The van der Waals surface area contributed by atoms with E-state index in [-0.39, 0.29) is 10.8 Å². The molecular formula is C30H36N7O10S2+. The van der Waals surface area contributed by atoms with Crippen LogP contribution in [0.3, 0.4) is 0 Å². The molecule has 2 saturated heterocycles. The van der Waals surface area contributed by atoms with Gasteiger partial charge in [0.25, 0.3) is 17.8 Å². The lowest BCUT2D eigenvalue weighted by Crippen LogP contribution is -2.68. The summed E-state index contributed by atoms with van der Waals surface area (Å²) >= 11 is 0.992. The highest BCUT2D eigenvalue weighted by atomic mass is 32.3. The number of nitrogens with two attached hydrogens (primary N) is 1. The second-order valence-electron chi connectivity index (χ2n) is 12.1. The molecule has 49 heavy (non-hydrogen) atoms. The highest BCUT2D eigenvalue weighted by Gasteiger charge is 2.57. The molecule has 0 aliphatic carbocycles. The first kappa shape index (κ1) is 35.6. The van der Waals surface area contributed by atoms with Crippen molar-refractivity contribution in [2.75, 3.05) is 37.3 Å². The van der Waals surface area contributed by atoms with Crippen molar-refractivity contribution in [3.63, 3.8) is 0 Å². The summed E-state index contributed by atoms with van der Waals surface area (Å²) < 4.78 is 43.3. The van der Waals surface area contributed by atoms with Gasteiger partial charge in [0, 0.05) is 36.9 Å². The van der Waals surface area contributed by atoms with E-state index in [4.69, 9.17) is 19.9 Å². The van der Waals surface area contributed by atoms with Crippen molar-refractivity contribution in [1.29, 1.82) is 0 Å². The molecule has 2 fully saturated rings. The van der Waals surface area contributed by atoms with Crippen LogP contribution in [0.2, 0.25) is 0 Å². The number of benzene rings is 1. The second-order valence-corrected chi connectivity index (χ2v) is 14.0. The maximum Gasteiger partial charge on any atom is 0.418 e. The third-order valence-electron chi connectivity index (χ3n) is 8.18. The molecule has 0 bridgehead atoms. The van der Waals surface area contributed by atoms with Crippen LogP contribution in [0.15, 0.2) is 53.1 Å². The lowest BCUT2D eigenvalue weighted by atomic mass is 9.74. The molecule has 2 atom stereocenters. The summed E-state index contributed by atoms with van der Waals surface area (Å²) in [6.45, 7) is 5.25. The highest BCUT2D eigenvalue weighted by molar-refractivity contribution is 7.80. The normalized spacial score (nSPS) is 18.3. The number of thiazole rings is 1. The highest BCUT2D eigenvalue weighted by Crippen LogP contribution is 2.40. The Bertz CT molecular complexity index is 1860. The lowest BCUT2D eigenvalue weighted by Gasteiger charge is -2.50. The number of carbonyl (C=O) groups is 3. The number of aryl methyl sites for hydroxylation is 1. The first-order valence-corrected chi connectivity index (χ1v) is 17.3. The number of amides is 1. The standard InChI is InChI=1S/C30H35N7O10S2/c1-30(2)21(27(39)37(30)47-49(42,43)44)11-23(38)26(22-16-48-29(31)34-22)35-46-24(28(40)41)15-45-20-6-4-18(5-7-20)19-8-9-36(3)25(10-19)33-14-17-12-32-13-17/h4-10,16-17,21,24,32H,11-15H2,1-3H3,(H4,31,34,40,41,42,43,44)/p+1/b35-26-/t21-,24+/m1/s1. The van der Waals surface area contributed by atoms with Crippen LogP contribution in [-0.2, 0) is 41.0 Å². The average molecular weight is 719 g/mol. The smallest absolute Gasteiger partial charge is 0.418 e. The number of β-lactam (4-membered cyclic amide) rings is 1. The minimum Gasteiger partial charge on any atom is -0.489 e. The number of nitrogens with one attached hydrogen (secondary N) is 2. The van der Waals surface area contributed by atoms with Crippen LogP contribution in [0.5, 0.6) is 5.75 Å². The summed E-state index contributed by atoms with van der Waals surface area (Å²) in [5.74, 6) is -2.21. The largest absolute Gasteiger partial charge is 0.489 e. The number of carboxylic acids is 1. The van der Waals surface area contributed by atoms with Crippen LogP contribution in [0.1, 0.15) is 26.0 Å². The van der Waals surface area contributed by atoms with E-state index in [1.54, 1.807) is 12.1 Å². The molecule has 2 aliphatic rings. The van der Waals surface area contributed by atoms with Gasteiger partial charge in [-0.15, -0.1) is 15.6 Å². The van der Waals surface area contributed by atoms with Gasteiger partial charge >= 0.3 is 16.4 Å². The van der Waals surface area contributed by atoms with Crippen molar-refractivity contribution >= 4 is 56.1 Å². The minimum absolute atomic E-state index is 0.0170. The Morgan fingerprint density at radius 1 is 1.24 bits per heavy atom. The van der Waals surface area contributed by atoms with E-state index in [1.165, 1.54) is 19.2 Å². The summed E-state index contributed by atoms with van der Waals surface area (Å²) in [5, 5.41) is 22.3. The number of aliphatic carboxylic acids is 1. The topological polar surface area (TPSA) is 236 Å². The molecule has 6 N–H and O–H groups in total. The van der Waals surface area contributed by atoms with Gasteiger partial charge in [-0.25, -0.2) is 14.3 Å². The Labute approximate surface area is 285 Å². The fourth-order valence-corrected chi connectivity index (χ4v) is 6.13. The van der Waals surface area contributed by atoms with Gasteiger partial charge < -0.3 is 25.7 Å². The zero-order chi connectivity index (χ0) is 35.5. The van der Waals surface area contributed by atoms with Gasteiger partial charge in [-0.1, -0.05) is 17.3 Å². The Kier molecular flexibility index (Phi) is 10.5. The molecule has 5 rings (SSSR count). The number of carboxylic acid groups (broad SMARTS) is 1. The number of aromatic nitrogens is 2.